The summed E-state index contributed by atoms with van der Waals surface area (Å²) in [6, 6.07) is -1.58. The average molecular weight is 155 g/mol. The van der Waals surface area contributed by atoms with Gasteiger partial charge in [-0.2, -0.15) is 9.98 Å². The van der Waals surface area contributed by atoms with E-state index in [2.05, 4.69) is 9.98 Å². The Morgan fingerprint density at radius 1 is 1.45 bits per heavy atom. The summed E-state index contributed by atoms with van der Waals surface area (Å²) in [5, 5.41) is 2.03. The lowest BCUT2D eigenvalue weighted by Crippen LogP contribution is -2.41. The predicted molar refractivity (Wildman–Crippen MR) is 37.2 cm³/mol. The van der Waals surface area contributed by atoms with E-state index >= 15 is 0 Å². The minimum absolute atomic E-state index is 0.0949. The number of urea groups is 2. The first-order valence-electron chi connectivity index (χ1n) is 2.63. The Hall–Kier alpha value is -1.92. The molecule has 0 radical (unpaired) electrons. The van der Waals surface area contributed by atoms with Crippen LogP contribution in [0.25, 0.3) is 0 Å². The summed E-state index contributed by atoms with van der Waals surface area (Å²) in [5.41, 5.74) is 9.87. The number of hydrogen-bond acceptors (Lipinski definition) is 3. The van der Waals surface area contributed by atoms with Crippen LogP contribution in [0.2, 0.25) is 0 Å². The number of nitrogens with zero attached hydrogens (tertiary/aromatic N) is 2. The van der Waals surface area contributed by atoms with Crippen molar-refractivity contribution in [3.63, 3.8) is 0 Å². The third-order valence-electron chi connectivity index (χ3n) is 0.908. The van der Waals surface area contributed by atoms with E-state index in [9.17, 15) is 9.59 Å². The lowest BCUT2D eigenvalue weighted by molar-refractivity contribution is 0.253. The Labute approximate surface area is 61.2 Å². The minimum atomic E-state index is -0.836. The van der Waals surface area contributed by atoms with Crippen LogP contribution in [0.3, 0.4) is 0 Å². The molecule has 1 heterocycles. The van der Waals surface area contributed by atoms with Crippen molar-refractivity contribution < 1.29 is 9.59 Å². The van der Waals surface area contributed by atoms with Gasteiger partial charge >= 0.3 is 12.1 Å². The van der Waals surface area contributed by atoms with Crippen LogP contribution in [0.4, 0.5) is 9.59 Å². The SMILES string of the molecule is NC(=O)NC1=NC(=O)N=C1N. The highest BCUT2D eigenvalue weighted by Gasteiger charge is 2.16. The average Bonchev–Trinajstić information content (AvgIpc) is 2.09. The highest BCUT2D eigenvalue weighted by atomic mass is 16.2. The molecular formula is C4H5N5O2. The molecule has 1 aliphatic rings. The topological polar surface area (TPSA) is 123 Å². The highest BCUT2D eigenvalue weighted by molar-refractivity contribution is 6.47. The van der Waals surface area contributed by atoms with E-state index < -0.39 is 12.1 Å². The first-order valence-corrected chi connectivity index (χ1v) is 2.63. The van der Waals surface area contributed by atoms with E-state index in [1.165, 1.54) is 0 Å². The van der Waals surface area contributed by atoms with Crippen LogP contribution in [0.15, 0.2) is 9.98 Å². The van der Waals surface area contributed by atoms with Crippen molar-refractivity contribution in [3.8, 4) is 0 Å². The predicted octanol–water partition coefficient (Wildman–Crippen LogP) is -1.46. The zero-order chi connectivity index (χ0) is 8.43. The van der Waals surface area contributed by atoms with Gasteiger partial charge in [-0.15, -0.1) is 0 Å². The first kappa shape index (κ1) is 7.19. The number of nitrogens with one attached hydrogen (secondary N) is 1. The quantitative estimate of drug-likeness (QED) is 0.396. The molecule has 11 heavy (non-hydrogen) atoms. The molecule has 0 aliphatic carbocycles. The van der Waals surface area contributed by atoms with Gasteiger partial charge in [-0.1, -0.05) is 0 Å². The monoisotopic (exact) mass is 155 g/mol. The summed E-state index contributed by atoms with van der Waals surface area (Å²) < 4.78 is 0. The van der Waals surface area contributed by atoms with Crippen LogP contribution >= 0.6 is 0 Å². The van der Waals surface area contributed by atoms with Gasteiger partial charge in [0.25, 0.3) is 0 Å². The molecule has 0 fully saturated rings. The number of rotatable bonds is 0. The molecule has 0 aromatic carbocycles. The van der Waals surface area contributed by atoms with E-state index in [0.29, 0.717) is 0 Å². The van der Waals surface area contributed by atoms with Crippen LogP contribution in [0.1, 0.15) is 0 Å². The highest BCUT2D eigenvalue weighted by Crippen LogP contribution is 1.92. The van der Waals surface area contributed by atoms with Gasteiger partial charge in [-0.05, 0) is 0 Å². The fourth-order valence-electron chi connectivity index (χ4n) is 0.543. The van der Waals surface area contributed by atoms with Gasteiger partial charge in [0.15, 0.2) is 11.7 Å². The number of carbonyl (C=O) groups is 2. The maximum absolute atomic E-state index is 10.4. The summed E-state index contributed by atoms with van der Waals surface area (Å²) in [5.74, 6) is -0.226. The number of nitrogens with two attached hydrogens (primary N) is 2. The van der Waals surface area contributed by atoms with E-state index in [1.54, 1.807) is 0 Å². The minimum Gasteiger partial charge on any atom is -0.380 e. The number of hydrogen-bond donors (Lipinski definition) is 3. The zero-order valence-corrected chi connectivity index (χ0v) is 5.37. The molecule has 58 valence electrons. The second-order valence-electron chi connectivity index (χ2n) is 1.73. The van der Waals surface area contributed by atoms with E-state index in [-0.39, 0.29) is 11.7 Å². The number of aliphatic imine (C=N–C) groups is 2. The molecule has 5 N–H and O–H groups in total. The van der Waals surface area contributed by atoms with E-state index in [1.807, 2.05) is 5.32 Å². The molecule has 0 atom stereocenters. The second kappa shape index (κ2) is 2.37. The molecule has 0 spiro atoms. The van der Waals surface area contributed by atoms with Gasteiger partial charge in [0.2, 0.25) is 0 Å². The molecule has 4 amide bonds. The number of amidine groups is 2. The first-order chi connectivity index (χ1) is 5.09. The van der Waals surface area contributed by atoms with Crippen LogP contribution in [0, 0.1) is 0 Å². The van der Waals surface area contributed by atoms with Gasteiger partial charge in [-0.25, -0.2) is 9.59 Å². The molecule has 0 saturated carbocycles. The summed E-state index contributed by atoms with van der Waals surface area (Å²) >= 11 is 0. The zero-order valence-electron chi connectivity index (χ0n) is 5.37. The van der Waals surface area contributed by atoms with Crippen molar-refractivity contribution >= 4 is 23.7 Å². The lowest BCUT2D eigenvalue weighted by atomic mass is 10.5. The molecule has 0 aromatic heterocycles. The Morgan fingerprint density at radius 2 is 2.09 bits per heavy atom. The molecular weight excluding hydrogens is 150 g/mol. The summed E-state index contributed by atoms with van der Waals surface area (Å²) in [4.78, 5) is 27.1. The molecule has 1 aliphatic heterocycles. The fourth-order valence-corrected chi connectivity index (χ4v) is 0.543. The third-order valence-corrected chi connectivity index (χ3v) is 0.908. The van der Waals surface area contributed by atoms with Gasteiger partial charge in [0.1, 0.15) is 0 Å². The molecule has 0 unspecified atom stereocenters. The Balaban J connectivity index is 2.75. The van der Waals surface area contributed by atoms with Gasteiger partial charge in [0, 0.05) is 0 Å². The van der Waals surface area contributed by atoms with Crippen molar-refractivity contribution in [1.29, 1.82) is 0 Å². The van der Waals surface area contributed by atoms with E-state index in [0.717, 1.165) is 0 Å². The maximum Gasteiger partial charge on any atom is 0.371 e. The van der Waals surface area contributed by atoms with Crippen LogP contribution in [0.5, 0.6) is 0 Å². The Morgan fingerprint density at radius 3 is 2.45 bits per heavy atom. The van der Waals surface area contributed by atoms with Crippen LogP contribution in [-0.4, -0.2) is 23.7 Å². The fraction of sp³-hybridized carbons (Fsp3) is 0. The van der Waals surface area contributed by atoms with Gasteiger partial charge < -0.3 is 11.5 Å². The van der Waals surface area contributed by atoms with Crippen LogP contribution in [-0.2, 0) is 0 Å². The summed E-state index contributed by atoms with van der Waals surface area (Å²) in [7, 11) is 0. The second-order valence-corrected chi connectivity index (χ2v) is 1.73. The normalized spacial score (nSPS) is 15.8. The lowest BCUT2D eigenvalue weighted by Gasteiger charge is -1.97. The molecule has 0 bridgehead atoms. The molecule has 1 rings (SSSR count). The van der Waals surface area contributed by atoms with Crippen LogP contribution < -0.4 is 16.8 Å². The van der Waals surface area contributed by atoms with Crippen molar-refractivity contribution in [3.05, 3.63) is 0 Å². The molecule has 7 nitrogen and oxygen atoms in total. The van der Waals surface area contributed by atoms with Crippen molar-refractivity contribution in [2.75, 3.05) is 0 Å². The standard InChI is InChI=1S/C4H5N5O2/c5-1-2(8-3(6)10)9-4(11)7-1/h(H5,5,6,7,8,9,10,11). The van der Waals surface area contributed by atoms with Crippen molar-refractivity contribution in [1.82, 2.24) is 5.32 Å². The van der Waals surface area contributed by atoms with Gasteiger partial charge in [0.05, 0.1) is 0 Å². The number of carbonyl (C=O) groups excluding carboxylic acids is 2. The third kappa shape index (κ3) is 1.51. The number of amides is 4. The van der Waals surface area contributed by atoms with Crippen molar-refractivity contribution in [2.45, 2.75) is 0 Å². The summed E-state index contributed by atoms with van der Waals surface area (Å²) in [6.45, 7) is 0. The smallest absolute Gasteiger partial charge is 0.371 e. The molecule has 0 aromatic rings. The van der Waals surface area contributed by atoms with Crippen molar-refractivity contribution in [2.24, 2.45) is 21.5 Å². The maximum atomic E-state index is 10.4. The molecule has 0 saturated heterocycles. The molecule has 7 heteroatoms. The largest absolute Gasteiger partial charge is 0.380 e. The Bertz CT molecular complexity index is 278. The Kier molecular flexibility index (Phi) is 1.55. The van der Waals surface area contributed by atoms with E-state index in [4.69, 9.17) is 11.5 Å². The summed E-state index contributed by atoms with van der Waals surface area (Å²) in [6.07, 6.45) is 0. The van der Waals surface area contributed by atoms with Gasteiger partial charge in [-0.3, -0.25) is 5.32 Å². The number of primary amides is 1.